The predicted molar refractivity (Wildman–Crippen MR) is 121 cm³/mol. The van der Waals surface area contributed by atoms with Gasteiger partial charge in [0.25, 0.3) is 5.91 Å². The molecule has 33 heavy (non-hydrogen) atoms. The summed E-state index contributed by atoms with van der Waals surface area (Å²) in [5.41, 5.74) is 9.77. The van der Waals surface area contributed by atoms with Crippen LogP contribution in [0.3, 0.4) is 0 Å². The number of imide groups is 1. The van der Waals surface area contributed by atoms with Crippen LogP contribution >= 0.6 is 0 Å². The lowest BCUT2D eigenvalue weighted by Crippen LogP contribution is -2.52. The molecule has 3 amide bonds. The van der Waals surface area contributed by atoms with E-state index in [-0.39, 0.29) is 30.7 Å². The van der Waals surface area contributed by atoms with E-state index in [1.54, 1.807) is 6.07 Å². The van der Waals surface area contributed by atoms with Gasteiger partial charge in [0.2, 0.25) is 11.8 Å². The van der Waals surface area contributed by atoms with Gasteiger partial charge in [-0.2, -0.15) is 0 Å². The first-order valence-corrected chi connectivity index (χ1v) is 11.4. The number of nitrogen functional groups attached to an aromatic ring is 1. The Morgan fingerprint density at radius 2 is 1.76 bits per heavy atom. The van der Waals surface area contributed by atoms with Gasteiger partial charge in [0.05, 0.1) is 0 Å². The molecule has 0 radical (unpaired) electrons. The summed E-state index contributed by atoms with van der Waals surface area (Å²) in [4.78, 5) is 40.8. The topological polar surface area (TPSA) is 95.7 Å². The molecule has 0 bridgehead atoms. The van der Waals surface area contributed by atoms with Crippen LogP contribution in [0.1, 0.15) is 58.6 Å². The minimum atomic E-state index is -0.694. The second-order valence-corrected chi connectivity index (χ2v) is 9.21. The largest absolute Gasteiger partial charge is 0.399 e. The van der Waals surface area contributed by atoms with Crippen LogP contribution in [-0.2, 0) is 22.7 Å². The third-order valence-corrected chi connectivity index (χ3v) is 7.07. The van der Waals surface area contributed by atoms with E-state index in [2.05, 4.69) is 10.2 Å². The van der Waals surface area contributed by atoms with Gasteiger partial charge in [-0.3, -0.25) is 24.6 Å². The fourth-order valence-electron chi connectivity index (χ4n) is 5.30. The van der Waals surface area contributed by atoms with Crippen molar-refractivity contribution in [3.05, 3.63) is 64.5 Å². The lowest BCUT2D eigenvalue weighted by Gasteiger charge is -2.33. The molecule has 3 aliphatic heterocycles. The number of piperidine rings is 2. The van der Waals surface area contributed by atoms with E-state index in [4.69, 9.17) is 5.73 Å². The number of nitrogens with one attached hydrogen (secondary N) is 1. The van der Waals surface area contributed by atoms with Crippen molar-refractivity contribution in [3.63, 3.8) is 0 Å². The Morgan fingerprint density at radius 1 is 1.03 bits per heavy atom. The third kappa shape index (κ3) is 4.23. The van der Waals surface area contributed by atoms with Gasteiger partial charge in [-0.1, -0.05) is 12.1 Å². The van der Waals surface area contributed by atoms with Crippen LogP contribution in [0, 0.1) is 5.82 Å². The average Bonchev–Trinajstić information content (AvgIpc) is 3.11. The standard InChI is InChI=1S/C25H27FN4O3/c26-17-11-19(16-7-9-29(10-8-16)13-15-1-3-18(27)4-2-15)21-14-30(25(33)20(21)12-17)22-5-6-23(31)28-24(22)32/h1-4,11-12,16,22H,5-10,13-14,27H2,(H,28,31,32). The minimum absolute atomic E-state index is 0.159. The smallest absolute Gasteiger partial charge is 0.255 e. The normalized spacial score (nSPS) is 21.9. The van der Waals surface area contributed by atoms with Crippen molar-refractivity contribution in [1.82, 2.24) is 15.1 Å². The minimum Gasteiger partial charge on any atom is -0.399 e. The van der Waals surface area contributed by atoms with Gasteiger partial charge in [-0.25, -0.2) is 4.39 Å². The van der Waals surface area contributed by atoms with Crippen LogP contribution in [0.15, 0.2) is 36.4 Å². The molecule has 0 saturated carbocycles. The molecule has 5 rings (SSSR count). The highest BCUT2D eigenvalue weighted by molar-refractivity contribution is 6.05. The summed E-state index contributed by atoms with van der Waals surface area (Å²) in [5, 5.41) is 2.31. The molecular weight excluding hydrogens is 423 g/mol. The van der Waals surface area contributed by atoms with E-state index >= 15 is 0 Å². The molecule has 1 atom stereocenters. The molecule has 2 aromatic rings. The van der Waals surface area contributed by atoms with Crippen LogP contribution in [0.2, 0.25) is 0 Å². The van der Waals surface area contributed by atoms with Crippen molar-refractivity contribution in [2.75, 3.05) is 18.8 Å². The number of nitrogens with zero attached hydrogens (tertiary/aromatic N) is 2. The number of hydrogen-bond acceptors (Lipinski definition) is 5. The van der Waals surface area contributed by atoms with E-state index in [0.29, 0.717) is 12.0 Å². The van der Waals surface area contributed by atoms with Crippen molar-refractivity contribution in [3.8, 4) is 0 Å². The summed E-state index contributed by atoms with van der Waals surface area (Å²) < 4.78 is 14.5. The van der Waals surface area contributed by atoms with Gasteiger partial charge >= 0.3 is 0 Å². The summed E-state index contributed by atoms with van der Waals surface area (Å²) in [5.74, 6) is -1.37. The van der Waals surface area contributed by atoms with Crippen LogP contribution in [-0.4, -0.2) is 46.7 Å². The van der Waals surface area contributed by atoms with E-state index in [9.17, 15) is 18.8 Å². The number of anilines is 1. The highest BCUT2D eigenvalue weighted by atomic mass is 19.1. The molecule has 0 aliphatic carbocycles. The molecule has 2 fully saturated rings. The first kappa shape index (κ1) is 21.6. The number of carbonyl (C=O) groups is 3. The maximum atomic E-state index is 14.5. The molecule has 2 aromatic carbocycles. The SMILES string of the molecule is Nc1ccc(CN2CCC(c3cc(F)cc4c3CN(C3CCC(=O)NC3=O)C4=O)CC2)cc1. The molecule has 1 unspecified atom stereocenters. The third-order valence-electron chi connectivity index (χ3n) is 7.07. The monoisotopic (exact) mass is 450 g/mol. The number of rotatable bonds is 4. The number of fused-ring (bicyclic) bond motifs is 1. The van der Waals surface area contributed by atoms with Crippen LogP contribution < -0.4 is 11.1 Å². The fraction of sp³-hybridized carbons (Fsp3) is 0.400. The Kier molecular flexibility index (Phi) is 5.62. The van der Waals surface area contributed by atoms with Crippen molar-refractivity contribution < 1.29 is 18.8 Å². The summed E-state index contributed by atoms with van der Waals surface area (Å²) >= 11 is 0. The number of nitrogens with two attached hydrogens (primary N) is 1. The Bertz CT molecular complexity index is 1110. The highest BCUT2D eigenvalue weighted by Crippen LogP contribution is 2.38. The molecule has 3 heterocycles. The lowest BCUT2D eigenvalue weighted by atomic mass is 9.85. The zero-order valence-corrected chi connectivity index (χ0v) is 18.4. The molecule has 7 nitrogen and oxygen atoms in total. The van der Waals surface area contributed by atoms with Crippen LogP contribution in [0.4, 0.5) is 10.1 Å². The molecule has 3 aliphatic rings. The Morgan fingerprint density at radius 3 is 2.45 bits per heavy atom. The second kappa shape index (κ2) is 8.59. The summed E-state index contributed by atoms with van der Waals surface area (Å²) in [6.07, 6.45) is 2.24. The zero-order valence-electron chi connectivity index (χ0n) is 18.4. The maximum absolute atomic E-state index is 14.5. The van der Waals surface area contributed by atoms with E-state index < -0.39 is 17.8 Å². The van der Waals surface area contributed by atoms with Crippen molar-refractivity contribution in [1.29, 1.82) is 0 Å². The number of benzene rings is 2. The number of hydrogen-bond donors (Lipinski definition) is 2. The molecule has 8 heteroatoms. The highest BCUT2D eigenvalue weighted by Gasteiger charge is 2.41. The van der Waals surface area contributed by atoms with Gasteiger partial charge in [0.1, 0.15) is 11.9 Å². The molecule has 3 N–H and O–H groups in total. The molecule has 0 spiro atoms. The summed E-state index contributed by atoms with van der Waals surface area (Å²) in [6, 6.07) is 10.0. The fourth-order valence-corrected chi connectivity index (χ4v) is 5.30. The van der Waals surface area contributed by atoms with Crippen molar-refractivity contribution in [2.45, 2.75) is 50.7 Å². The van der Waals surface area contributed by atoms with Crippen LogP contribution in [0.25, 0.3) is 0 Å². The summed E-state index contributed by atoms with van der Waals surface area (Å²) in [6.45, 7) is 2.88. The molecule has 172 valence electrons. The van der Waals surface area contributed by atoms with Gasteiger partial charge < -0.3 is 10.6 Å². The van der Waals surface area contributed by atoms with Gasteiger partial charge in [0, 0.05) is 30.8 Å². The summed E-state index contributed by atoms with van der Waals surface area (Å²) in [7, 11) is 0. The second-order valence-electron chi connectivity index (χ2n) is 9.21. The Balaban J connectivity index is 1.31. The lowest BCUT2D eigenvalue weighted by molar-refractivity contribution is -0.136. The number of carbonyl (C=O) groups excluding carboxylic acids is 3. The van der Waals surface area contributed by atoms with E-state index in [0.717, 1.165) is 49.3 Å². The van der Waals surface area contributed by atoms with Crippen LogP contribution in [0.5, 0.6) is 0 Å². The first-order valence-electron chi connectivity index (χ1n) is 11.4. The molecule has 2 saturated heterocycles. The van der Waals surface area contributed by atoms with E-state index in [1.165, 1.54) is 16.5 Å². The average molecular weight is 451 g/mol. The number of amides is 3. The van der Waals surface area contributed by atoms with Crippen molar-refractivity contribution >= 4 is 23.4 Å². The predicted octanol–water partition coefficient (Wildman–Crippen LogP) is 2.55. The molecular formula is C25H27FN4O3. The van der Waals surface area contributed by atoms with E-state index in [1.807, 2.05) is 24.3 Å². The Hall–Kier alpha value is -3.26. The van der Waals surface area contributed by atoms with Gasteiger partial charge in [-0.15, -0.1) is 0 Å². The van der Waals surface area contributed by atoms with Gasteiger partial charge in [-0.05, 0) is 79.2 Å². The first-order chi connectivity index (χ1) is 15.9. The van der Waals surface area contributed by atoms with Crippen molar-refractivity contribution in [2.24, 2.45) is 0 Å². The quantitative estimate of drug-likeness (QED) is 0.551. The van der Waals surface area contributed by atoms with Gasteiger partial charge in [0.15, 0.2) is 0 Å². The maximum Gasteiger partial charge on any atom is 0.255 e. The molecule has 0 aromatic heterocycles. The zero-order chi connectivity index (χ0) is 23.1. The number of halogens is 1. The Labute approximate surface area is 191 Å². The number of likely N-dealkylation sites (tertiary alicyclic amines) is 1.